The van der Waals surface area contributed by atoms with E-state index in [4.69, 9.17) is 11.6 Å². The molecule has 0 radical (unpaired) electrons. The molecule has 2 aromatic rings. The van der Waals surface area contributed by atoms with Crippen molar-refractivity contribution in [2.75, 3.05) is 5.32 Å². The monoisotopic (exact) mass is 263 g/mol. The van der Waals surface area contributed by atoms with Crippen LogP contribution in [0.5, 0.6) is 0 Å². The number of hydrogen-bond acceptors (Lipinski definition) is 1. The highest BCUT2D eigenvalue weighted by Crippen LogP contribution is 2.20. The zero-order chi connectivity index (χ0) is 13.1. The van der Waals surface area contributed by atoms with Crippen LogP contribution in [0.1, 0.15) is 15.9 Å². The van der Waals surface area contributed by atoms with Gasteiger partial charge >= 0.3 is 0 Å². The number of aryl methyl sites for hydroxylation is 1. The van der Waals surface area contributed by atoms with Crippen molar-refractivity contribution < 1.29 is 9.18 Å². The minimum Gasteiger partial charge on any atom is -0.319 e. The number of carbonyl (C=O) groups excluding carboxylic acids is 1. The van der Waals surface area contributed by atoms with Gasteiger partial charge in [-0.3, -0.25) is 4.79 Å². The van der Waals surface area contributed by atoms with Crippen molar-refractivity contribution in [3.63, 3.8) is 0 Å². The van der Waals surface area contributed by atoms with Crippen molar-refractivity contribution in [2.24, 2.45) is 0 Å². The van der Waals surface area contributed by atoms with Gasteiger partial charge in [-0.1, -0.05) is 29.3 Å². The maximum atomic E-state index is 13.5. The van der Waals surface area contributed by atoms with Crippen LogP contribution in [0.25, 0.3) is 0 Å². The third-order valence-corrected chi connectivity index (χ3v) is 2.69. The molecule has 92 valence electrons. The van der Waals surface area contributed by atoms with Crippen LogP contribution >= 0.6 is 11.6 Å². The van der Waals surface area contributed by atoms with Gasteiger partial charge in [0.2, 0.25) is 0 Å². The smallest absolute Gasteiger partial charge is 0.255 e. The van der Waals surface area contributed by atoms with Gasteiger partial charge in [-0.05, 0) is 37.3 Å². The second-order valence-corrected chi connectivity index (χ2v) is 4.38. The highest BCUT2D eigenvalue weighted by molar-refractivity contribution is 6.31. The van der Waals surface area contributed by atoms with Gasteiger partial charge in [-0.25, -0.2) is 4.39 Å². The molecular formula is C14H11ClFNO. The summed E-state index contributed by atoms with van der Waals surface area (Å²) in [6.07, 6.45) is 0. The molecule has 0 bridgehead atoms. The van der Waals surface area contributed by atoms with E-state index >= 15 is 0 Å². The molecule has 2 aromatic carbocycles. The van der Waals surface area contributed by atoms with Crippen molar-refractivity contribution in [2.45, 2.75) is 6.92 Å². The fraction of sp³-hybridized carbons (Fsp3) is 0.0714. The van der Waals surface area contributed by atoms with E-state index in [9.17, 15) is 9.18 Å². The first-order valence-electron chi connectivity index (χ1n) is 5.39. The molecular weight excluding hydrogens is 253 g/mol. The Morgan fingerprint density at radius 1 is 1.22 bits per heavy atom. The number of anilines is 1. The molecule has 0 aliphatic rings. The molecule has 0 saturated carbocycles. The summed E-state index contributed by atoms with van der Waals surface area (Å²) < 4.78 is 13.5. The average Bonchev–Trinajstić information content (AvgIpc) is 2.34. The van der Waals surface area contributed by atoms with Crippen LogP contribution in [0.15, 0.2) is 42.5 Å². The van der Waals surface area contributed by atoms with E-state index in [0.717, 1.165) is 5.56 Å². The van der Waals surface area contributed by atoms with Crippen molar-refractivity contribution in [1.29, 1.82) is 0 Å². The second kappa shape index (κ2) is 5.19. The number of carbonyl (C=O) groups is 1. The first-order chi connectivity index (χ1) is 8.56. The second-order valence-electron chi connectivity index (χ2n) is 3.95. The average molecular weight is 264 g/mol. The van der Waals surface area contributed by atoms with Gasteiger partial charge < -0.3 is 5.32 Å². The van der Waals surface area contributed by atoms with Crippen molar-refractivity contribution in [1.82, 2.24) is 0 Å². The number of amides is 1. The molecule has 1 amide bonds. The predicted molar refractivity (Wildman–Crippen MR) is 70.5 cm³/mol. The Kier molecular flexibility index (Phi) is 3.63. The normalized spacial score (nSPS) is 10.2. The quantitative estimate of drug-likeness (QED) is 0.870. The van der Waals surface area contributed by atoms with Crippen molar-refractivity contribution >= 4 is 23.2 Å². The minimum absolute atomic E-state index is 0.0778. The Morgan fingerprint density at radius 2 is 2.00 bits per heavy atom. The van der Waals surface area contributed by atoms with Crippen molar-refractivity contribution in [3.8, 4) is 0 Å². The lowest BCUT2D eigenvalue weighted by Crippen LogP contribution is -2.13. The molecule has 0 aliphatic carbocycles. The van der Waals surface area contributed by atoms with E-state index in [1.54, 1.807) is 18.2 Å². The molecule has 0 saturated heterocycles. The molecule has 18 heavy (non-hydrogen) atoms. The first kappa shape index (κ1) is 12.6. The van der Waals surface area contributed by atoms with Gasteiger partial charge in [-0.15, -0.1) is 0 Å². The highest BCUT2D eigenvalue weighted by Gasteiger charge is 2.09. The molecule has 0 heterocycles. The number of hydrogen-bond donors (Lipinski definition) is 1. The van der Waals surface area contributed by atoms with Gasteiger partial charge in [0.1, 0.15) is 5.82 Å². The van der Waals surface area contributed by atoms with Crippen LogP contribution in [0.2, 0.25) is 5.02 Å². The lowest BCUT2D eigenvalue weighted by Gasteiger charge is -2.07. The first-order valence-corrected chi connectivity index (χ1v) is 5.77. The molecule has 0 aromatic heterocycles. The summed E-state index contributed by atoms with van der Waals surface area (Å²) in [6, 6.07) is 11.1. The largest absolute Gasteiger partial charge is 0.319 e. The predicted octanol–water partition coefficient (Wildman–Crippen LogP) is 4.04. The SMILES string of the molecule is Cc1cccc(C(=O)Nc2cc(Cl)ccc2F)c1. The Balaban J connectivity index is 2.24. The van der Waals surface area contributed by atoms with E-state index in [0.29, 0.717) is 10.6 Å². The lowest BCUT2D eigenvalue weighted by molar-refractivity contribution is 0.102. The zero-order valence-corrected chi connectivity index (χ0v) is 10.5. The molecule has 0 unspecified atom stereocenters. The van der Waals surface area contributed by atoms with Crippen molar-refractivity contribution in [3.05, 3.63) is 64.4 Å². The van der Waals surface area contributed by atoms with E-state index in [-0.39, 0.29) is 11.6 Å². The van der Waals surface area contributed by atoms with E-state index in [1.807, 2.05) is 13.0 Å². The standard InChI is InChI=1S/C14H11ClFNO/c1-9-3-2-4-10(7-9)14(18)17-13-8-11(15)5-6-12(13)16/h2-8H,1H3,(H,17,18). The molecule has 0 aliphatic heterocycles. The van der Waals surface area contributed by atoms with Crippen LogP contribution < -0.4 is 5.32 Å². The number of benzene rings is 2. The van der Waals surface area contributed by atoms with Crippen LogP contribution in [-0.2, 0) is 0 Å². The van der Waals surface area contributed by atoms with Gasteiger partial charge in [0.15, 0.2) is 0 Å². The fourth-order valence-electron chi connectivity index (χ4n) is 1.57. The topological polar surface area (TPSA) is 29.1 Å². The van der Waals surface area contributed by atoms with E-state index in [2.05, 4.69) is 5.32 Å². The summed E-state index contributed by atoms with van der Waals surface area (Å²) in [5.74, 6) is -0.875. The zero-order valence-electron chi connectivity index (χ0n) is 9.71. The Bertz CT molecular complexity index is 598. The lowest BCUT2D eigenvalue weighted by atomic mass is 10.1. The fourth-order valence-corrected chi connectivity index (χ4v) is 1.75. The molecule has 2 nitrogen and oxygen atoms in total. The summed E-state index contributed by atoms with van der Waals surface area (Å²) in [7, 11) is 0. The summed E-state index contributed by atoms with van der Waals surface area (Å²) in [4.78, 5) is 11.9. The molecule has 0 spiro atoms. The Hall–Kier alpha value is -1.87. The van der Waals surface area contributed by atoms with Gasteiger partial charge in [-0.2, -0.15) is 0 Å². The number of halogens is 2. The number of rotatable bonds is 2. The maximum absolute atomic E-state index is 13.5. The summed E-state index contributed by atoms with van der Waals surface area (Å²) in [6.45, 7) is 1.89. The number of nitrogens with one attached hydrogen (secondary N) is 1. The van der Waals surface area contributed by atoms with E-state index < -0.39 is 5.82 Å². The third-order valence-electron chi connectivity index (χ3n) is 2.46. The molecule has 0 fully saturated rings. The minimum atomic E-state index is -0.514. The van der Waals surface area contributed by atoms with Crippen LogP contribution in [0.3, 0.4) is 0 Å². The summed E-state index contributed by atoms with van der Waals surface area (Å²) in [5, 5.41) is 2.87. The highest BCUT2D eigenvalue weighted by atomic mass is 35.5. The van der Waals surface area contributed by atoms with Gasteiger partial charge in [0.05, 0.1) is 5.69 Å². The Labute approximate surface area is 109 Å². The molecule has 2 rings (SSSR count). The molecule has 4 heteroatoms. The van der Waals surface area contributed by atoms with Crippen LogP contribution in [-0.4, -0.2) is 5.91 Å². The summed E-state index contributed by atoms with van der Waals surface area (Å²) >= 11 is 5.75. The molecule has 1 N–H and O–H groups in total. The summed E-state index contributed by atoms with van der Waals surface area (Å²) in [5.41, 5.74) is 1.53. The van der Waals surface area contributed by atoms with Crippen LogP contribution in [0.4, 0.5) is 10.1 Å². The van der Waals surface area contributed by atoms with Gasteiger partial charge in [0, 0.05) is 10.6 Å². The molecule has 0 atom stereocenters. The van der Waals surface area contributed by atoms with E-state index in [1.165, 1.54) is 18.2 Å². The van der Waals surface area contributed by atoms with Crippen LogP contribution in [0, 0.1) is 12.7 Å². The van der Waals surface area contributed by atoms with Gasteiger partial charge in [0.25, 0.3) is 5.91 Å². The Morgan fingerprint density at radius 3 is 2.72 bits per heavy atom. The maximum Gasteiger partial charge on any atom is 0.255 e. The third kappa shape index (κ3) is 2.87.